The Morgan fingerprint density at radius 2 is 1.75 bits per heavy atom. The lowest BCUT2D eigenvalue weighted by molar-refractivity contribution is 0.0973. The summed E-state index contributed by atoms with van der Waals surface area (Å²) in [6, 6.07) is 12.5. The molecule has 0 aliphatic carbocycles. The van der Waals surface area contributed by atoms with Gasteiger partial charge in [0.1, 0.15) is 5.75 Å². The van der Waals surface area contributed by atoms with Gasteiger partial charge < -0.3 is 21.5 Å². The van der Waals surface area contributed by atoms with Gasteiger partial charge in [-0.2, -0.15) is 8.42 Å². The zero-order valence-electron chi connectivity index (χ0n) is 17.7. The summed E-state index contributed by atoms with van der Waals surface area (Å²) in [5.41, 5.74) is 11.1. The number of amides is 1. The first-order valence-corrected chi connectivity index (χ1v) is 11.9. The van der Waals surface area contributed by atoms with E-state index in [0.29, 0.717) is 23.6 Å². The van der Waals surface area contributed by atoms with Crippen molar-refractivity contribution in [1.29, 1.82) is 0 Å². The van der Waals surface area contributed by atoms with Gasteiger partial charge in [0.2, 0.25) is 5.96 Å². The zero-order valence-corrected chi connectivity index (χ0v) is 19.3. The monoisotopic (exact) mass is 477 g/mol. The molecule has 9 nitrogen and oxygen atoms in total. The van der Waals surface area contributed by atoms with Crippen molar-refractivity contribution in [2.24, 2.45) is 15.9 Å². The molecule has 32 heavy (non-hydrogen) atoms. The molecule has 0 unspecified atom stereocenters. The van der Waals surface area contributed by atoms with Crippen molar-refractivity contribution in [2.45, 2.75) is 37.5 Å². The molecule has 0 bridgehead atoms. The molecule has 6 N–H and O–H groups in total. The minimum atomic E-state index is -3.98. The molecule has 11 heteroatoms. The summed E-state index contributed by atoms with van der Waals surface area (Å²) in [6.45, 7) is 2.67. The molecule has 0 radical (unpaired) electrons. The van der Waals surface area contributed by atoms with Gasteiger partial charge in [0.15, 0.2) is 5.11 Å². The summed E-state index contributed by atoms with van der Waals surface area (Å²) in [4.78, 5) is 12.6. The fraction of sp³-hybridized carbons (Fsp3) is 0.286. The first kappa shape index (κ1) is 25.1. The van der Waals surface area contributed by atoms with Gasteiger partial charge in [-0.1, -0.05) is 38.3 Å². The minimum Gasteiger partial charge on any atom is -0.493 e. The molecule has 172 valence electrons. The number of nitrogens with two attached hydrogens (primary N) is 2. The van der Waals surface area contributed by atoms with Gasteiger partial charge in [0.05, 0.1) is 17.1 Å². The number of nitrogens with one attached hydrogen (secondary N) is 2. The standard InChI is InChI=1S/C21H27N5O4S2/c1-2-3-4-7-14-30-18-9-6-5-8-17(18)19(27)25-21(31)24-15-10-12-16(13-11-15)32(28,29)26-20(22)23/h5-6,8-13H,2-4,7,14H2,1H3,(H4,22,23,26)(H2,24,25,27,31). The SMILES string of the molecule is CCCCCCOc1ccccc1C(=O)NC(=S)Nc1ccc(S(=O)(=O)N=C(N)N)cc1. The molecule has 0 spiro atoms. The van der Waals surface area contributed by atoms with Crippen LogP contribution in [0, 0.1) is 0 Å². The average molecular weight is 478 g/mol. The molecule has 2 rings (SSSR count). The molecule has 2 aromatic rings. The largest absolute Gasteiger partial charge is 0.493 e. The number of hydrogen-bond donors (Lipinski definition) is 4. The number of thiocarbonyl (C=S) groups is 1. The van der Waals surface area contributed by atoms with E-state index in [4.69, 9.17) is 28.4 Å². The first-order chi connectivity index (χ1) is 15.2. The minimum absolute atomic E-state index is 0.0487. The van der Waals surface area contributed by atoms with Crippen molar-refractivity contribution in [1.82, 2.24) is 5.32 Å². The number of guanidine groups is 1. The number of sulfonamides is 1. The molecule has 0 aromatic heterocycles. The van der Waals surface area contributed by atoms with Crippen LogP contribution in [-0.4, -0.2) is 32.0 Å². The Balaban J connectivity index is 1.97. The first-order valence-electron chi connectivity index (χ1n) is 10.0. The lowest BCUT2D eigenvalue weighted by Crippen LogP contribution is -2.34. The van der Waals surface area contributed by atoms with Crippen LogP contribution in [-0.2, 0) is 10.0 Å². The van der Waals surface area contributed by atoms with Gasteiger partial charge in [0.25, 0.3) is 15.9 Å². The highest BCUT2D eigenvalue weighted by atomic mass is 32.2. The Labute approximate surface area is 193 Å². The summed E-state index contributed by atoms with van der Waals surface area (Å²) in [7, 11) is -3.98. The number of benzene rings is 2. The topological polar surface area (TPSA) is 149 Å². The highest BCUT2D eigenvalue weighted by molar-refractivity contribution is 7.90. The van der Waals surface area contributed by atoms with E-state index in [0.717, 1.165) is 25.7 Å². The van der Waals surface area contributed by atoms with E-state index in [1.54, 1.807) is 24.3 Å². The van der Waals surface area contributed by atoms with Crippen LogP contribution in [0.1, 0.15) is 43.0 Å². The third kappa shape index (κ3) is 7.82. The molecule has 2 aromatic carbocycles. The maximum absolute atomic E-state index is 12.7. The van der Waals surface area contributed by atoms with E-state index in [9.17, 15) is 13.2 Å². The second-order valence-electron chi connectivity index (χ2n) is 6.83. The number of hydrogen-bond acceptors (Lipinski definition) is 5. The normalized spacial score (nSPS) is 10.8. The van der Waals surface area contributed by atoms with Crippen molar-refractivity contribution >= 4 is 44.9 Å². The van der Waals surface area contributed by atoms with Crippen molar-refractivity contribution in [3.05, 3.63) is 54.1 Å². The molecule has 0 aliphatic heterocycles. The van der Waals surface area contributed by atoms with E-state index in [1.165, 1.54) is 24.3 Å². The molecule has 0 saturated carbocycles. The molecule has 0 aliphatic rings. The molecule has 0 heterocycles. The fourth-order valence-corrected chi connectivity index (χ4v) is 3.80. The number of unbranched alkanes of at least 4 members (excludes halogenated alkanes) is 3. The van der Waals surface area contributed by atoms with Crippen molar-refractivity contribution in [2.75, 3.05) is 11.9 Å². The van der Waals surface area contributed by atoms with Crippen LogP contribution in [0.4, 0.5) is 5.69 Å². The van der Waals surface area contributed by atoms with E-state index in [-0.39, 0.29) is 10.0 Å². The van der Waals surface area contributed by atoms with Gasteiger partial charge in [0, 0.05) is 5.69 Å². The van der Waals surface area contributed by atoms with Gasteiger partial charge in [-0.3, -0.25) is 10.1 Å². The number of rotatable bonds is 10. The second-order valence-corrected chi connectivity index (χ2v) is 8.84. The van der Waals surface area contributed by atoms with Crippen molar-refractivity contribution in [3.8, 4) is 5.75 Å². The van der Waals surface area contributed by atoms with Crippen LogP contribution in [0.2, 0.25) is 0 Å². The van der Waals surface area contributed by atoms with E-state index < -0.39 is 21.9 Å². The highest BCUT2D eigenvalue weighted by Crippen LogP contribution is 2.19. The zero-order chi connectivity index (χ0) is 23.6. The van der Waals surface area contributed by atoms with Crippen LogP contribution >= 0.6 is 12.2 Å². The number of anilines is 1. The smallest absolute Gasteiger partial charge is 0.285 e. The Bertz CT molecular complexity index is 1070. The summed E-state index contributed by atoms with van der Waals surface area (Å²) >= 11 is 5.20. The van der Waals surface area contributed by atoms with Crippen LogP contribution in [0.3, 0.4) is 0 Å². The van der Waals surface area contributed by atoms with Crippen LogP contribution < -0.4 is 26.8 Å². The van der Waals surface area contributed by atoms with Crippen LogP contribution in [0.15, 0.2) is 57.8 Å². The fourth-order valence-electron chi connectivity index (χ4n) is 2.73. The molecular weight excluding hydrogens is 450 g/mol. The van der Waals surface area contributed by atoms with Gasteiger partial charge in [-0.25, -0.2) is 0 Å². The summed E-state index contributed by atoms with van der Waals surface area (Å²) in [5.74, 6) is -0.487. The lowest BCUT2D eigenvalue weighted by Gasteiger charge is -2.13. The quantitative estimate of drug-likeness (QED) is 0.177. The number of carbonyl (C=O) groups excluding carboxylic acids is 1. The molecule has 0 atom stereocenters. The van der Waals surface area contributed by atoms with E-state index in [1.807, 2.05) is 0 Å². The van der Waals surface area contributed by atoms with Gasteiger partial charge >= 0.3 is 0 Å². The summed E-state index contributed by atoms with van der Waals surface area (Å²) in [5, 5.41) is 5.47. The molecule has 0 fully saturated rings. The van der Waals surface area contributed by atoms with Gasteiger partial charge in [-0.05, 0) is 55.0 Å². The maximum Gasteiger partial charge on any atom is 0.285 e. The van der Waals surface area contributed by atoms with E-state index >= 15 is 0 Å². The van der Waals surface area contributed by atoms with Crippen molar-refractivity contribution in [3.63, 3.8) is 0 Å². The average Bonchev–Trinajstić information content (AvgIpc) is 2.73. The van der Waals surface area contributed by atoms with Crippen LogP contribution in [0.5, 0.6) is 5.75 Å². The lowest BCUT2D eigenvalue weighted by atomic mass is 10.2. The Hall–Kier alpha value is -3.18. The summed E-state index contributed by atoms with van der Waals surface area (Å²) < 4.78 is 32.9. The Kier molecular flexibility index (Phi) is 9.41. The Morgan fingerprint density at radius 3 is 2.41 bits per heavy atom. The molecule has 0 saturated heterocycles. The number of carbonyl (C=O) groups is 1. The maximum atomic E-state index is 12.7. The van der Waals surface area contributed by atoms with Crippen LogP contribution in [0.25, 0.3) is 0 Å². The highest BCUT2D eigenvalue weighted by Gasteiger charge is 2.15. The summed E-state index contributed by atoms with van der Waals surface area (Å²) in [6.07, 6.45) is 4.27. The third-order valence-electron chi connectivity index (χ3n) is 4.25. The second kappa shape index (κ2) is 12.0. The predicted octanol–water partition coefficient (Wildman–Crippen LogP) is 2.73. The number of ether oxygens (including phenoxy) is 1. The molecular formula is C21H27N5O4S2. The number of nitrogens with zero attached hydrogens (tertiary/aromatic N) is 1. The number of para-hydroxylation sites is 1. The van der Waals surface area contributed by atoms with Crippen molar-refractivity contribution < 1.29 is 17.9 Å². The Morgan fingerprint density at radius 1 is 1.06 bits per heavy atom. The van der Waals surface area contributed by atoms with Gasteiger partial charge in [-0.15, -0.1) is 4.40 Å². The predicted molar refractivity (Wildman–Crippen MR) is 129 cm³/mol. The van der Waals surface area contributed by atoms with E-state index in [2.05, 4.69) is 22.0 Å². The third-order valence-corrected chi connectivity index (χ3v) is 5.77. The molecule has 1 amide bonds.